The molecule has 1 saturated carbocycles. The number of nitrogens with two attached hydrogens (primary N) is 2. The number of phenols is 2. The zero-order chi connectivity index (χ0) is 34.1. The van der Waals surface area contributed by atoms with E-state index in [9.17, 15) is 20.4 Å². The molecule has 0 spiro atoms. The molecular formula is C38H49N3O7. The van der Waals surface area contributed by atoms with Crippen LogP contribution < -0.4 is 25.7 Å². The SMILES string of the molecule is COc1cc2c(c3c1-c1cc(CC(C)C)c(O)cc1CC3)C[C@@H](O)[C@H](c1ccc(O)c(O[C@@H]3CCC[C@@H](CO)[C@@H]3CCN=C(N)N)c1)O2. The molecule has 0 aromatic heterocycles. The number of hydrogen-bond donors (Lipinski definition) is 6. The van der Waals surface area contributed by atoms with E-state index >= 15 is 0 Å². The van der Waals surface area contributed by atoms with Crippen LogP contribution in [-0.2, 0) is 25.7 Å². The number of methoxy groups -OCH3 is 1. The van der Waals surface area contributed by atoms with Gasteiger partial charge in [-0.2, -0.15) is 0 Å². The molecule has 1 heterocycles. The third-order valence-electron chi connectivity index (χ3n) is 10.3. The molecule has 1 aliphatic heterocycles. The molecule has 3 aliphatic rings. The fourth-order valence-corrected chi connectivity index (χ4v) is 8.00. The highest BCUT2D eigenvalue weighted by Gasteiger charge is 2.37. The van der Waals surface area contributed by atoms with Crippen LogP contribution in [0.3, 0.4) is 0 Å². The molecule has 1 fully saturated rings. The first-order valence-electron chi connectivity index (χ1n) is 17.2. The summed E-state index contributed by atoms with van der Waals surface area (Å²) in [7, 11) is 1.65. The fraction of sp³-hybridized carbons (Fsp3) is 0.500. The first kappa shape index (κ1) is 33.7. The van der Waals surface area contributed by atoms with Gasteiger partial charge in [-0.15, -0.1) is 0 Å². The first-order chi connectivity index (χ1) is 23.1. The number of aryl methyl sites for hydroxylation is 1. The monoisotopic (exact) mass is 659 g/mol. The van der Waals surface area contributed by atoms with Gasteiger partial charge in [0.05, 0.1) is 13.2 Å². The molecule has 0 saturated heterocycles. The number of ether oxygens (including phenoxy) is 3. The summed E-state index contributed by atoms with van der Waals surface area (Å²) in [5.74, 6) is 2.47. The molecule has 5 atom stereocenters. The second kappa shape index (κ2) is 14.1. The predicted octanol–water partition coefficient (Wildman–Crippen LogP) is 4.93. The highest BCUT2D eigenvalue weighted by Crippen LogP contribution is 2.50. The van der Waals surface area contributed by atoms with E-state index in [2.05, 4.69) is 24.9 Å². The van der Waals surface area contributed by atoms with Crippen LogP contribution in [0.5, 0.6) is 28.7 Å². The zero-order valence-electron chi connectivity index (χ0n) is 28.1. The van der Waals surface area contributed by atoms with Crippen molar-refractivity contribution in [1.29, 1.82) is 0 Å². The fourth-order valence-electron chi connectivity index (χ4n) is 8.00. The molecule has 10 heteroatoms. The Labute approximate surface area is 282 Å². The van der Waals surface area contributed by atoms with Gasteiger partial charge < -0.3 is 46.1 Å². The molecule has 48 heavy (non-hydrogen) atoms. The van der Waals surface area contributed by atoms with E-state index in [1.165, 1.54) is 0 Å². The highest BCUT2D eigenvalue weighted by molar-refractivity contribution is 5.82. The average molecular weight is 660 g/mol. The van der Waals surface area contributed by atoms with Crippen LogP contribution in [0.25, 0.3) is 11.1 Å². The molecule has 258 valence electrons. The minimum atomic E-state index is -0.842. The van der Waals surface area contributed by atoms with Crippen molar-refractivity contribution in [3.8, 4) is 39.9 Å². The van der Waals surface area contributed by atoms with Crippen molar-refractivity contribution in [2.45, 2.75) is 83.5 Å². The Balaban J connectivity index is 1.29. The zero-order valence-corrected chi connectivity index (χ0v) is 28.1. The number of phenolic OH excluding ortho intramolecular Hbond substituents is 2. The average Bonchev–Trinajstić information content (AvgIpc) is 3.05. The van der Waals surface area contributed by atoms with Crippen LogP contribution in [0.1, 0.15) is 73.5 Å². The number of aromatic hydroxyl groups is 2. The second-order valence-corrected chi connectivity index (χ2v) is 14.0. The van der Waals surface area contributed by atoms with E-state index in [0.717, 1.165) is 71.9 Å². The number of fused-ring (bicyclic) bond motifs is 5. The largest absolute Gasteiger partial charge is 0.508 e. The molecule has 3 aromatic carbocycles. The lowest BCUT2D eigenvalue weighted by Crippen LogP contribution is -2.39. The number of benzene rings is 3. The van der Waals surface area contributed by atoms with Gasteiger partial charge in [-0.25, -0.2) is 0 Å². The van der Waals surface area contributed by atoms with Gasteiger partial charge in [-0.3, -0.25) is 4.99 Å². The molecule has 10 nitrogen and oxygen atoms in total. The number of guanidine groups is 1. The van der Waals surface area contributed by atoms with Crippen LogP contribution in [0.2, 0.25) is 0 Å². The van der Waals surface area contributed by atoms with Crippen LogP contribution >= 0.6 is 0 Å². The minimum Gasteiger partial charge on any atom is -0.508 e. The van der Waals surface area contributed by atoms with E-state index in [0.29, 0.717) is 53.9 Å². The standard InChI is InChI=1S/C38H49N3O7/c1-20(2)13-24-14-27-21(15-30(24)44)7-9-26-28-17-31(45)37(48-33(28)18-35(46-3)36(26)27)22-8-10-29(43)34(16-22)47-32-6-4-5-23(19-42)25(32)11-12-41-38(39)40/h8,10,14-16,18,20,23,25,31-32,37,42-45H,4-7,9,11-13,17,19H2,1-3H3,(H4,39,40,41)/t23-,25-,31+,32+,37-/m0/s1. The summed E-state index contributed by atoms with van der Waals surface area (Å²) in [5.41, 5.74) is 17.9. The molecule has 2 aliphatic carbocycles. The smallest absolute Gasteiger partial charge is 0.185 e. The van der Waals surface area contributed by atoms with Crippen molar-refractivity contribution >= 4 is 5.96 Å². The van der Waals surface area contributed by atoms with E-state index in [1.807, 2.05) is 12.1 Å². The van der Waals surface area contributed by atoms with E-state index < -0.39 is 12.2 Å². The van der Waals surface area contributed by atoms with Gasteiger partial charge in [0.1, 0.15) is 29.5 Å². The maximum Gasteiger partial charge on any atom is 0.185 e. The van der Waals surface area contributed by atoms with Gasteiger partial charge in [-0.1, -0.05) is 19.9 Å². The quantitative estimate of drug-likeness (QED) is 0.130. The Morgan fingerprint density at radius 3 is 2.56 bits per heavy atom. The first-order valence-corrected chi connectivity index (χ1v) is 17.2. The van der Waals surface area contributed by atoms with Gasteiger partial charge in [0.25, 0.3) is 0 Å². The summed E-state index contributed by atoms with van der Waals surface area (Å²) < 4.78 is 19.0. The van der Waals surface area contributed by atoms with Crippen LogP contribution in [0.4, 0.5) is 0 Å². The maximum atomic E-state index is 11.6. The number of rotatable bonds is 10. The topological polar surface area (TPSA) is 173 Å². The van der Waals surface area contributed by atoms with Crippen molar-refractivity contribution in [3.05, 3.63) is 64.2 Å². The lowest BCUT2D eigenvalue weighted by molar-refractivity contribution is 0.0170. The molecular weight excluding hydrogens is 610 g/mol. The van der Waals surface area contributed by atoms with Gasteiger partial charge in [0.2, 0.25) is 0 Å². The van der Waals surface area contributed by atoms with Crippen LogP contribution in [0, 0.1) is 17.8 Å². The van der Waals surface area contributed by atoms with Gasteiger partial charge in [-0.05, 0) is 109 Å². The molecule has 0 amide bonds. The summed E-state index contributed by atoms with van der Waals surface area (Å²) >= 11 is 0. The third-order valence-corrected chi connectivity index (χ3v) is 10.3. The van der Waals surface area contributed by atoms with Crippen molar-refractivity contribution in [3.63, 3.8) is 0 Å². The Morgan fingerprint density at radius 2 is 1.83 bits per heavy atom. The van der Waals surface area contributed by atoms with Crippen LogP contribution in [-0.4, -0.2) is 58.9 Å². The number of aliphatic hydroxyl groups excluding tert-OH is 2. The number of aliphatic imine (C=N–C) groups is 1. The summed E-state index contributed by atoms with van der Waals surface area (Å²) in [4.78, 5) is 4.14. The summed E-state index contributed by atoms with van der Waals surface area (Å²) in [6.45, 7) is 4.74. The van der Waals surface area contributed by atoms with Crippen molar-refractivity contribution < 1.29 is 34.6 Å². The molecule has 6 rings (SSSR count). The van der Waals surface area contributed by atoms with Gasteiger partial charge >= 0.3 is 0 Å². The summed E-state index contributed by atoms with van der Waals surface area (Å²) in [6, 6.07) is 11.0. The number of hydrogen-bond acceptors (Lipinski definition) is 8. The van der Waals surface area contributed by atoms with Gasteiger partial charge in [0.15, 0.2) is 17.5 Å². The summed E-state index contributed by atoms with van der Waals surface area (Å²) in [5, 5.41) is 43.2. The van der Waals surface area contributed by atoms with Gasteiger partial charge in [0, 0.05) is 42.7 Å². The van der Waals surface area contributed by atoms with E-state index in [1.54, 1.807) is 25.3 Å². The minimum absolute atomic E-state index is 0.00387. The Kier molecular flexibility index (Phi) is 9.94. The number of nitrogens with zero attached hydrogens (tertiary/aromatic N) is 1. The number of aliphatic hydroxyl groups is 2. The Bertz CT molecular complexity index is 1670. The Hall–Kier alpha value is -4.15. The predicted molar refractivity (Wildman–Crippen MR) is 185 cm³/mol. The molecule has 3 aromatic rings. The summed E-state index contributed by atoms with van der Waals surface area (Å²) in [6.07, 6.45) is 4.09. The van der Waals surface area contributed by atoms with E-state index in [4.69, 9.17) is 25.7 Å². The Morgan fingerprint density at radius 1 is 1.02 bits per heavy atom. The second-order valence-electron chi connectivity index (χ2n) is 14.0. The normalized spacial score (nSPS) is 23.0. The highest BCUT2D eigenvalue weighted by atomic mass is 16.5. The van der Waals surface area contributed by atoms with Crippen LogP contribution in [0.15, 0.2) is 41.4 Å². The van der Waals surface area contributed by atoms with Crippen molar-refractivity contribution in [2.75, 3.05) is 20.3 Å². The lowest BCUT2D eigenvalue weighted by atomic mass is 9.76. The van der Waals surface area contributed by atoms with Crippen molar-refractivity contribution in [2.24, 2.45) is 34.2 Å². The molecule has 0 bridgehead atoms. The lowest BCUT2D eigenvalue weighted by Gasteiger charge is -2.38. The third kappa shape index (κ3) is 6.73. The molecule has 0 radical (unpaired) electrons. The molecule has 0 unspecified atom stereocenters. The maximum absolute atomic E-state index is 11.6. The van der Waals surface area contributed by atoms with E-state index in [-0.39, 0.29) is 36.3 Å². The molecule has 8 N–H and O–H groups in total. The van der Waals surface area contributed by atoms with Crippen molar-refractivity contribution in [1.82, 2.24) is 0 Å².